The highest BCUT2D eigenvalue weighted by molar-refractivity contribution is 6.16. The SMILES string of the molecule is CC(=O)Nc1ccc(N)c(C)c1.Cc1cc(NC(=O)c2ccccc2F)ccc1N.Nc1ccc(NC(=O)c2ccccc2F)c(C(=O)c2ccccc2)c1.Nc1ccc(NC(=O)c2ccco2)c(C(=O)c2ccccc2)c1. The smallest absolute Gasteiger partial charge is 0.291 e. The molecule has 0 aliphatic rings. The van der Waals surface area contributed by atoms with Gasteiger partial charge < -0.3 is 48.6 Å². The molecule has 0 spiro atoms. The molecule has 0 fully saturated rings. The molecule has 394 valence electrons. The molecule has 8 aromatic carbocycles. The maximum atomic E-state index is 13.8. The molecule has 1 aromatic heterocycles. The molecular formula is C61H54F2N8O7. The van der Waals surface area contributed by atoms with Crippen molar-refractivity contribution in [2.24, 2.45) is 0 Å². The Balaban J connectivity index is 0.000000173. The number of hydrogen-bond acceptors (Lipinski definition) is 11. The molecule has 0 radical (unpaired) electrons. The van der Waals surface area contributed by atoms with E-state index in [9.17, 15) is 37.5 Å². The molecular weight excluding hydrogens is 995 g/mol. The van der Waals surface area contributed by atoms with Crippen LogP contribution in [-0.2, 0) is 4.79 Å². The Kier molecular flexibility index (Phi) is 19.6. The zero-order valence-electron chi connectivity index (χ0n) is 42.5. The molecule has 0 aliphatic heterocycles. The summed E-state index contributed by atoms with van der Waals surface area (Å²) in [5.41, 5.74) is 30.4. The first-order chi connectivity index (χ1) is 37.4. The number of carbonyl (C=O) groups excluding carboxylic acids is 6. The highest BCUT2D eigenvalue weighted by atomic mass is 19.1. The second-order valence-corrected chi connectivity index (χ2v) is 17.1. The maximum Gasteiger partial charge on any atom is 0.291 e. The van der Waals surface area contributed by atoms with Crippen LogP contribution in [-0.4, -0.2) is 35.2 Å². The van der Waals surface area contributed by atoms with Crippen LogP contribution in [0, 0.1) is 25.5 Å². The molecule has 0 saturated carbocycles. The minimum atomic E-state index is -0.634. The number of amides is 4. The van der Waals surface area contributed by atoms with Crippen molar-refractivity contribution in [1.29, 1.82) is 0 Å². The van der Waals surface area contributed by atoms with Gasteiger partial charge in [0.2, 0.25) is 5.91 Å². The molecule has 4 amide bonds. The molecule has 17 heteroatoms. The molecule has 0 saturated heterocycles. The van der Waals surface area contributed by atoms with Crippen LogP contribution in [0.3, 0.4) is 0 Å². The van der Waals surface area contributed by atoms with E-state index in [1.54, 1.807) is 140 Å². The molecule has 12 N–H and O–H groups in total. The van der Waals surface area contributed by atoms with Gasteiger partial charge >= 0.3 is 0 Å². The zero-order chi connectivity index (χ0) is 56.3. The van der Waals surface area contributed by atoms with Gasteiger partial charge in [0, 0.05) is 63.3 Å². The van der Waals surface area contributed by atoms with E-state index in [2.05, 4.69) is 21.3 Å². The van der Waals surface area contributed by atoms with Crippen molar-refractivity contribution < 1.29 is 42.0 Å². The number of anilines is 8. The number of halogens is 2. The number of nitrogen functional groups attached to an aromatic ring is 4. The van der Waals surface area contributed by atoms with Crippen molar-refractivity contribution in [1.82, 2.24) is 0 Å². The highest BCUT2D eigenvalue weighted by Gasteiger charge is 2.20. The van der Waals surface area contributed by atoms with Gasteiger partial charge in [0.15, 0.2) is 17.3 Å². The third-order valence-corrected chi connectivity index (χ3v) is 11.2. The fraction of sp³-hybridized carbons (Fsp3) is 0.0492. The number of benzene rings is 8. The van der Waals surface area contributed by atoms with Gasteiger partial charge in [-0.3, -0.25) is 28.8 Å². The lowest BCUT2D eigenvalue weighted by atomic mass is 10.0. The van der Waals surface area contributed by atoms with E-state index in [0.717, 1.165) is 22.5 Å². The Morgan fingerprint density at radius 1 is 0.410 bits per heavy atom. The van der Waals surface area contributed by atoms with Crippen LogP contribution in [0.1, 0.15) is 81.2 Å². The second-order valence-electron chi connectivity index (χ2n) is 17.1. The predicted molar refractivity (Wildman–Crippen MR) is 302 cm³/mol. The van der Waals surface area contributed by atoms with Gasteiger partial charge in [0.25, 0.3) is 17.7 Å². The number of ketones is 2. The molecule has 0 atom stereocenters. The van der Waals surface area contributed by atoms with Crippen LogP contribution in [0.4, 0.5) is 54.3 Å². The van der Waals surface area contributed by atoms with E-state index in [0.29, 0.717) is 45.1 Å². The largest absolute Gasteiger partial charge is 0.459 e. The predicted octanol–water partition coefficient (Wildman–Crippen LogP) is 11.7. The third kappa shape index (κ3) is 15.9. The average Bonchev–Trinajstić information content (AvgIpc) is 4.00. The van der Waals surface area contributed by atoms with Crippen molar-refractivity contribution in [3.05, 3.63) is 262 Å². The molecule has 15 nitrogen and oxygen atoms in total. The summed E-state index contributed by atoms with van der Waals surface area (Å²) in [7, 11) is 0. The van der Waals surface area contributed by atoms with Crippen LogP contribution in [0.25, 0.3) is 0 Å². The Morgan fingerprint density at radius 2 is 0.821 bits per heavy atom. The standard InChI is InChI=1S/C20H15FN2O2.C18H14N2O3.C14H13FN2O.C9H12N2O/c21-17-9-5-4-8-15(17)20(25)23-18-11-10-14(22)12-16(18)19(24)13-6-2-1-3-7-13;19-13-8-9-15(20-18(22)16-7-4-10-23-16)14(11-13)17(21)12-5-2-1-3-6-12;1-9-8-10(6-7-13(9)16)17-14(18)11-4-2-3-5-12(11)15;1-6-5-8(11-7(2)12)3-4-9(6)10/h1-12H,22H2,(H,23,25);1-11H,19H2,(H,20,22);2-8H,16H2,1H3,(H,17,18);3-5H,10H2,1-2H3,(H,11,12). The zero-order valence-corrected chi connectivity index (χ0v) is 42.5. The summed E-state index contributed by atoms with van der Waals surface area (Å²) in [6.07, 6.45) is 1.41. The lowest BCUT2D eigenvalue weighted by molar-refractivity contribution is -0.114. The minimum absolute atomic E-state index is 0.0204. The first-order valence-corrected chi connectivity index (χ1v) is 23.8. The Hall–Kier alpha value is -10.7. The monoisotopic (exact) mass is 1050 g/mol. The van der Waals surface area contributed by atoms with Gasteiger partial charge in [-0.2, -0.15) is 0 Å². The van der Waals surface area contributed by atoms with Gasteiger partial charge in [-0.1, -0.05) is 84.9 Å². The summed E-state index contributed by atoms with van der Waals surface area (Å²) in [5.74, 6) is -3.11. The van der Waals surface area contributed by atoms with Gasteiger partial charge in [-0.05, 0) is 134 Å². The molecule has 0 unspecified atom stereocenters. The first kappa shape index (κ1) is 56.6. The first-order valence-electron chi connectivity index (χ1n) is 23.8. The van der Waals surface area contributed by atoms with Crippen molar-refractivity contribution in [2.45, 2.75) is 20.8 Å². The molecule has 9 aromatic rings. The Morgan fingerprint density at radius 3 is 1.23 bits per heavy atom. The topological polar surface area (TPSA) is 268 Å². The highest BCUT2D eigenvalue weighted by Crippen LogP contribution is 2.26. The summed E-state index contributed by atoms with van der Waals surface area (Å²) in [5, 5.41) is 10.6. The molecule has 9 rings (SSSR count). The summed E-state index contributed by atoms with van der Waals surface area (Å²) in [6.45, 7) is 5.22. The van der Waals surface area contributed by atoms with Crippen LogP contribution < -0.4 is 44.2 Å². The normalized spacial score (nSPS) is 10.1. The fourth-order valence-corrected chi connectivity index (χ4v) is 7.19. The summed E-state index contributed by atoms with van der Waals surface area (Å²) < 4.78 is 32.2. The fourth-order valence-electron chi connectivity index (χ4n) is 7.19. The van der Waals surface area contributed by atoms with Gasteiger partial charge in [-0.25, -0.2) is 8.78 Å². The van der Waals surface area contributed by atoms with Crippen LogP contribution in [0.5, 0.6) is 0 Å². The number of hydrogen-bond donors (Lipinski definition) is 8. The third-order valence-electron chi connectivity index (χ3n) is 11.2. The van der Waals surface area contributed by atoms with E-state index >= 15 is 0 Å². The van der Waals surface area contributed by atoms with E-state index in [1.807, 2.05) is 26.0 Å². The van der Waals surface area contributed by atoms with Gasteiger partial charge in [0.1, 0.15) is 11.6 Å². The van der Waals surface area contributed by atoms with Gasteiger partial charge in [-0.15, -0.1) is 0 Å². The van der Waals surface area contributed by atoms with Gasteiger partial charge in [0.05, 0.1) is 28.8 Å². The number of furan rings is 1. The van der Waals surface area contributed by atoms with Crippen molar-refractivity contribution in [2.75, 3.05) is 44.2 Å². The Labute approximate surface area is 448 Å². The maximum absolute atomic E-state index is 13.8. The lowest BCUT2D eigenvalue weighted by Gasteiger charge is -2.12. The molecule has 78 heavy (non-hydrogen) atoms. The average molecular weight is 1050 g/mol. The van der Waals surface area contributed by atoms with E-state index in [1.165, 1.54) is 55.7 Å². The van der Waals surface area contributed by atoms with E-state index in [4.69, 9.17) is 27.4 Å². The number of carbonyl (C=O) groups is 6. The van der Waals surface area contributed by atoms with Crippen LogP contribution in [0.15, 0.2) is 205 Å². The number of rotatable bonds is 11. The molecule has 0 bridgehead atoms. The number of aryl methyl sites for hydroxylation is 2. The quantitative estimate of drug-likeness (QED) is 0.0446. The molecule has 0 aliphatic carbocycles. The summed E-state index contributed by atoms with van der Waals surface area (Å²) >= 11 is 0. The Bertz CT molecular complexity index is 3600. The second kappa shape index (κ2) is 27.0. The van der Waals surface area contributed by atoms with Crippen LogP contribution >= 0.6 is 0 Å². The number of nitrogens with one attached hydrogen (secondary N) is 4. The van der Waals surface area contributed by atoms with Crippen LogP contribution in [0.2, 0.25) is 0 Å². The van der Waals surface area contributed by atoms with E-state index in [-0.39, 0.29) is 45.6 Å². The summed E-state index contributed by atoms with van der Waals surface area (Å²) in [6, 6.07) is 52.0. The van der Waals surface area contributed by atoms with Crippen molar-refractivity contribution in [3.63, 3.8) is 0 Å². The van der Waals surface area contributed by atoms with E-state index < -0.39 is 29.4 Å². The van der Waals surface area contributed by atoms with Crippen molar-refractivity contribution in [3.8, 4) is 0 Å². The van der Waals surface area contributed by atoms with Crippen molar-refractivity contribution >= 4 is 80.7 Å². The molecule has 1 heterocycles. The summed E-state index contributed by atoms with van der Waals surface area (Å²) in [4.78, 5) is 72.4. The lowest BCUT2D eigenvalue weighted by Crippen LogP contribution is -2.16. The number of nitrogens with two attached hydrogens (primary N) is 4. The minimum Gasteiger partial charge on any atom is -0.459 e.